The van der Waals surface area contributed by atoms with Crippen LogP contribution in [0.5, 0.6) is 0 Å². The van der Waals surface area contributed by atoms with Gasteiger partial charge in [-0.15, -0.1) is 0 Å². The van der Waals surface area contributed by atoms with Crippen LogP contribution in [0.4, 0.5) is 0 Å². The van der Waals surface area contributed by atoms with E-state index in [4.69, 9.17) is 0 Å². The van der Waals surface area contributed by atoms with Crippen LogP contribution in [0.2, 0.25) is 0 Å². The Labute approximate surface area is 141 Å². The summed E-state index contributed by atoms with van der Waals surface area (Å²) < 4.78 is 0. The molecule has 3 rings (SSSR count). The van der Waals surface area contributed by atoms with Crippen molar-refractivity contribution in [1.29, 1.82) is 0 Å². The van der Waals surface area contributed by atoms with Crippen molar-refractivity contribution in [1.82, 2.24) is 19.8 Å². The number of carbonyl (C=O) groups is 1. The monoisotopic (exact) mass is 326 g/mol. The van der Waals surface area contributed by atoms with E-state index in [0.29, 0.717) is 17.9 Å². The molecule has 2 aromatic rings. The molecule has 1 saturated heterocycles. The second-order valence-electron chi connectivity index (χ2n) is 6.35. The highest BCUT2D eigenvalue weighted by atomic mass is 16.2. The first kappa shape index (κ1) is 16.4. The maximum Gasteiger partial charge on any atom is 0.254 e. The summed E-state index contributed by atoms with van der Waals surface area (Å²) in [6.45, 7) is 6.47. The van der Waals surface area contributed by atoms with Crippen LogP contribution in [0.3, 0.4) is 0 Å². The van der Waals surface area contributed by atoms with Crippen LogP contribution in [0.15, 0.2) is 29.1 Å². The number of hydrogen-bond acceptors (Lipinski definition) is 4. The lowest BCUT2D eigenvalue weighted by atomic mass is 10.1. The zero-order valence-electron chi connectivity index (χ0n) is 14.3. The van der Waals surface area contributed by atoms with E-state index in [9.17, 15) is 9.59 Å². The van der Waals surface area contributed by atoms with E-state index in [1.54, 1.807) is 11.8 Å². The van der Waals surface area contributed by atoms with Crippen molar-refractivity contribution in [3.63, 3.8) is 0 Å². The first-order valence-electron chi connectivity index (χ1n) is 8.07. The van der Waals surface area contributed by atoms with Crippen LogP contribution in [0.25, 0.3) is 11.4 Å². The molecule has 0 saturated carbocycles. The van der Waals surface area contributed by atoms with Crippen LogP contribution < -0.4 is 5.56 Å². The fourth-order valence-corrected chi connectivity index (χ4v) is 2.75. The number of rotatable bonds is 3. The molecule has 2 heterocycles. The second kappa shape index (κ2) is 6.57. The zero-order chi connectivity index (χ0) is 17.3. The lowest BCUT2D eigenvalue weighted by Crippen LogP contribution is -2.47. The first-order valence-corrected chi connectivity index (χ1v) is 8.07. The topological polar surface area (TPSA) is 69.3 Å². The second-order valence-corrected chi connectivity index (χ2v) is 6.35. The van der Waals surface area contributed by atoms with Crippen molar-refractivity contribution in [2.24, 2.45) is 0 Å². The Bertz CT molecular complexity index is 811. The van der Waals surface area contributed by atoms with Crippen molar-refractivity contribution in [3.05, 3.63) is 51.4 Å². The Morgan fingerprint density at radius 1 is 1.12 bits per heavy atom. The quantitative estimate of drug-likeness (QED) is 0.924. The number of aromatic nitrogens is 2. The molecule has 24 heavy (non-hydrogen) atoms. The molecule has 0 atom stereocenters. The van der Waals surface area contributed by atoms with Crippen LogP contribution in [-0.4, -0.2) is 52.4 Å². The molecule has 0 unspecified atom stereocenters. The van der Waals surface area contributed by atoms with Crippen molar-refractivity contribution < 1.29 is 4.79 Å². The lowest BCUT2D eigenvalue weighted by molar-refractivity contribution is -0.134. The van der Waals surface area contributed by atoms with E-state index >= 15 is 0 Å². The van der Waals surface area contributed by atoms with Gasteiger partial charge in [-0.3, -0.25) is 14.5 Å². The normalized spacial score (nSPS) is 15.8. The smallest absolute Gasteiger partial charge is 0.254 e. The average molecular weight is 326 g/mol. The highest BCUT2D eigenvalue weighted by Crippen LogP contribution is 2.17. The Hall–Kier alpha value is -2.47. The number of nitrogens with zero attached hydrogens (tertiary/aromatic N) is 3. The number of piperazine rings is 1. The Morgan fingerprint density at radius 2 is 1.83 bits per heavy atom. The molecule has 1 aliphatic rings. The van der Waals surface area contributed by atoms with Crippen molar-refractivity contribution in [3.8, 4) is 11.4 Å². The zero-order valence-corrected chi connectivity index (χ0v) is 14.3. The molecule has 1 aliphatic heterocycles. The summed E-state index contributed by atoms with van der Waals surface area (Å²) in [6.07, 6.45) is 0. The van der Waals surface area contributed by atoms with Gasteiger partial charge in [-0.1, -0.05) is 24.3 Å². The minimum atomic E-state index is -0.0995. The molecule has 1 amide bonds. The van der Waals surface area contributed by atoms with E-state index in [1.807, 2.05) is 38.2 Å². The van der Waals surface area contributed by atoms with Crippen LogP contribution in [-0.2, 0) is 11.3 Å². The number of aryl methyl sites for hydroxylation is 1. The van der Waals surface area contributed by atoms with Gasteiger partial charge in [0.05, 0.1) is 6.54 Å². The lowest BCUT2D eigenvalue weighted by Gasteiger charge is -2.31. The van der Waals surface area contributed by atoms with Gasteiger partial charge in [-0.05, 0) is 19.4 Å². The van der Waals surface area contributed by atoms with Crippen LogP contribution >= 0.6 is 0 Å². The number of nitrogens with one attached hydrogen (secondary N) is 1. The van der Waals surface area contributed by atoms with Gasteiger partial charge < -0.3 is 9.88 Å². The van der Waals surface area contributed by atoms with Crippen molar-refractivity contribution in [2.45, 2.75) is 20.4 Å². The Balaban J connectivity index is 1.74. The number of carbonyl (C=O) groups excluding carboxylic acids is 1. The highest BCUT2D eigenvalue weighted by molar-refractivity contribution is 5.78. The van der Waals surface area contributed by atoms with E-state index in [2.05, 4.69) is 14.9 Å². The van der Waals surface area contributed by atoms with Crippen molar-refractivity contribution in [2.75, 3.05) is 26.7 Å². The minimum Gasteiger partial charge on any atom is -0.343 e. The van der Waals surface area contributed by atoms with Gasteiger partial charge >= 0.3 is 0 Å². The van der Waals surface area contributed by atoms with Crippen LogP contribution in [0, 0.1) is 13.8 Å². The first-order chi connectivity index (χ1) is 11.4. The van der Waals surface area contributed by atoms with E-state index < -0.39 is 0 Å². The molecule has 1 fully saturated rings. The van der Waals surface area contributed by atoms with E-state index in [1.165, 1.54) is 0 Å². The number of aromatic amines is 1. The minimum absolute atomic E-state index is 0.0995. The largest absolute Gasteiger partial charge is 0.343 e. The molecule has 0 radical (unpaired) electrons. The summed E-state index contributed by atoms with van der Waals surface area (Å²) >= 11 is 0. The molecule has 1 N–H and O–H groups in total. The predicted molar refractivity (Wildman–Crippen MR) is 92.7 cm³/mol. The van der Waals surface area contributed by atoms with E-state index in [-0.39, 0.29) is 11.5 Å². The van der Waals surface area contributed by atoms with Crippen LogP contribution in [0.1, 0.15) is 16.8 Å². The van der Waals surface area contributed by atoms with Gasteiger partial charge in [0, 0.05) is 43.5 Å². The molecule has 6 heteroatoms. The molecule has 0 bridgehead atoms. The summed E-state index contributed by atoms with van der Waals surface area (Å²) in [7, 11) is 1.84. The van der Waals surface area contributed by atoms with Gasteiger partial charge in [-0.2, -0.15) is 0 Å². The fraction of sp³-hybridized carbons (Fsp3) is 0.389. The Kier molecular flexibility index (Phi) is 4.49. The van der Waals surface area contributed by atoms with Gasteiger partial charge in [0.2, 0.25) is 5.91 Å². The SMILES string of the molecule is Cc1nc(-c2ccc(CN3CCN(C)C(=O)C3)cc2)[nH]c(=O)c1C. The third-order valence-electron chi connectivity index (χ3n) is 4.56. The number of amides is 1. The highest BCUT2D eigenvalue weighted by Gasteiger charge is 2.20. The summed E-state index contributed by atoms with van der Waals surface area (Å²) in [5.74, 6) is 0.749. The Morgan fingerprint density at radius 3 is 2.46 bits per heavy atom. The molecular weight excluding hydrogens is 304 g/mol. The summed E-state index contributed by atoms with van der Waals surface area (Å²) in [6, 6.07) is 7.96. The molecule has 0 aliphatic carbocycles. The molecule has 126 valence electrons. The molecular formula is C18H22N4O2. The number of likely N-dealkylation sites (N-methyl/N-ethyl adjacent to an activating group) is 1. The third-order valence-corrected chi connectivity index (χ3v) is 4.56. The van der Waals surface area contributed by atoms with Crippen molar-refractivity contribution >= 4 is 5.91 Å². The number of benzene rings is 1. The summed E-state index contributed by atoms with van der Waals surface area (Å²) in [4.78, 5) is 34.8. The van der Waals surface area contributed by atoms with Gasteiger partial charge in [0.1, 0.15) is 5.82 Å². The number of hydrogen-bond donors (Lipinski definition) is 1. The van der Waals surface area contributed by atoms with Gasteiger partial charge in [-0.25, -0.2) is 4.98 Å². The third kappa shape index (κ3) is 3.38. The summed E-state index contributed by atoms with van der Waals surface area (Å²) in [5.41, 5.74) is 3.32. The summed E-state index contributed by atoms with van der Waals surface area (Å²) in [5, 5.41) is 0. The fourth-order valence-electron chi connectivity index (χ4n) is 2.75. The molecule has 0 spiro atoms. The molecule has 1 aromatic heterocycles. The maximum absolute atomic E-state index is 11.9. The molecule has 6 nitrogen and oxygen atoms in total. The maximum atomic E-state index is 11.9. The number of H-pyrrole nitrogens is 1. The van der Waals surface area contributed by atoms with Gasteiger partial charge in [0.15, 0.2) is 0 Å². The standard InChI is InChI=1S/C18H22N4O2/c1-12-13(2)19-17(20-18(12)24)15-6-4-14(5-7-15)10-22-9-8-21(3)16(23)11-22/h4-7H,8-11H2,1-3H3,(H,19,20,24). The predicted octanol–water partition coefficient (Wildman–Crippen LogP) is 1.33. The average Bonchev–Trinajstić information content (AvgIpc) is 2.56. The van der Waals surface area contributed by atoms with E-state index in [0.717, 1.165) is 36.5 Å². The van der Waals surface area contributed by atoms with Gasteiger partial charge in [0.25, 0.3) is 5.56 Å². The molecule has 1 aromatic carbocycles.